The molecule has 0 aliphatic carbocycles. The second kappa shape index (κ2) is 3.68. The molecule has 0 aromatic heterocycles. The van der Waals surface area contributed by atoms with Crippen molar-refractivity contribution in [3.63, 3.8) is 0 Å². The van der Waals surface area contributed by atoms with Crippen LogP contribution in [0.4, 0.5) is 11.4 Å². The van der Waals surface area contributed by atoms with Crippen LogP contribution in [0.15, 0.2) is 12.1 Å². The smallest absolute Gasteiger partial charge is 0.122 e. The van der Waals surface area contributed by atoms with Crippen LogP contribution in [-0.2, 0) is 6.42 Å². The zero-order valence-corrected chi connectivity index (χ0v) is 7.37. The molecule has 0 aliphatic rings. The lowest BCUT2D eigenvalue weighted by Crippen LogP contribution is -2.00. The second-order valence-electron chi connectivity index (χ2n) is 2.62. The number of nitrogens with zero attached hydrogens (tertiary/aromatic N) is 1. The summed E-state index contributed by atoms with van der Waals surface area (Å²) in [4.78, 5) is 0. The van der Waals surface area contributed by atoms with E-state index in [2.05, 4.69) is 0 Å². The first kappa shape index (κ1) is 9.20. The van der Waals surface area contributed by atoms with E-state index < -0.39 is 0 Å². The molecule has 0 aliphatic heterocycles. The number of nitriles is 1. The maximum Gasteiger partial charge on any atom is 0.122 e. The molecule has 0 radical (unpaired) electrons. The summed E-state index contributed by atoms with van der Waals surface area (Å²) in [6.07, 6.45) is 0.224. The van der Waals surface area contributed by atoms with Crippen LogP contribution in [0, 0.1) is 11.3 Å². The molecule has 0 spiro atoms. The van der Waals surface area contributed by atoms with Crippen molar-refractivity contribution < 1.29 is 4.74 Å². The fourth-order valence-corrected chi connectivity index (χ4v) is 1.09. The summed E-state index contributed by atoms with van der Waals surface area (Å²) >= 11 is 0. The molecule has 1 rings (SSSR count). The molecule has 0 saturated carbocycles. The zero-order chi connectivity index (χ0) is 9.84. The number of anilines is 2. The average Bonchev–Trinajstić information content (AvgIpc) is 2.11. The van der Waals surface area contributed by atoms with Crippen molar-refractivity contribution in [3.8, 4) is 11.8 Å². The molecule has 68 valence electrons. The Morgan fingerprint density at radius 1 is 1.38 bits per heavy atom. The van der Waals surface area contributed by atoms with E-state index >= 15 is 0 Å². The molecule has 13 heavy (non-hydrogen) atoms. The van der Waals surface area contributed by atoms with Gasteiger partial charge < -0.3 is 16.2 Å². The molecule has 0 fully saturated rings. The highest BCUT2D eigenvalue weighted by molar-refractivity contribution is 5.65. The standard InChI is InChI=1S/C9H11N3O/c1-13-6-4-8(11)7(2-3-10)9(12)5-6/h4-5H,2,11-12H2,1H3. The van der Waals surface area contributed by atoms with Crippen LogP contribution in [0.5, 0.6) is 5.75 Å². The lowest BCUT2D eigenvalue weighted by atomic mass is 10.1. The third-order valence-electron chi connectivity index (χ3n) is 1.78. The molecule has 4 heteroatoms. The van der Waals surface area contributed by atoms with Gasteiger partial charge in [0.25, 0.3) is 0 Å². The van der Waals surface area contributed by atoms with Crippen LogP contribution in [-0.4, -0.2) is 7.11 Å². The molecule has 1 aromatic rings. The number of benzene rings is 1. The van der Waals surface area contributed by atoms with E-state index in [0.717, 1.165) is 0 Å². The van der Waals surface area contributed by atoms with E-state index in [4.69, 9.17) is 21.5 Å². The lowest BCUT2D eigenvalue weighted by molar-refractivity contribution is 0.415. The Hall–Kier alpha value is -1.89. The predicted octanol–water partition coefficient (Wildman–Crippen LogP) is 0.926. The van der Waals surface area contributed by atoms with Crippen LogP contribution in [0.25, 0.3) is 0 Å². The van der Waals surface area contributed by atoms with E-state index in [1.807, 2.05) is 6.07 Å². The Balaban J connectivity index is 3.16. The molecule has 4 N–H and O–H groups in total. The van der Waals surface area contributed by atoms with Crippen LogP contribution in [0.2, 0.25) is 0 Å². The zero-order valence-electron chi connectivity index (χ0n) is 7.37. The maximum absolute atomic E-state index is 8.50. The Morgan fingerprint density at radius 3 is 2.31 bits per heavy atom. The van der Waals surface area contributed by atoms with Crippen LogP contribution < -0.4 is 16.2 Å². The third-order valence-corrected chi connectivity index (χ3v) is 1.78. The summed E-state index contributed by atoms with van der Waals surface area (Å²) in [5.74, 6) is 0.608. The molecule has 0 atom stereocenters. The van der Waals surface area contributed by atoms with Gasteiger partial charge >= 0.3 is 0 Å². The first-order chi connectivity index (χ1) is 6.19. The number of hydrogen-bond donors (Lipinski definition) is 2. The van der Waals surface area contributed by atoms with Crippen molar-refractivity contribution in [1.29, 1.82) is 5.26 Å². The molecular weight excluding hydrogens is 166 g/mol. The van der Waals surface area contributed by atoms with E-state index in [9.17, 15) is 0 Å². The highest BCUT2D eigenvalue weighted by Crippen LogP contribution is 2.26. The van der Waals surface area contributed by atoms with E-state index in [0.29, 0.717) is 22.7 Å². The minimum absolute atomic E-state index is 0.224. The fourth-order valence-electron chi connectivity index (χ4n) is 1.09. The number of rotatable bonds is 2. The first-order valence-corrected chi connectivity index (χ1v) is 3.78. The highest BCUT2D eigenvalue weighted by atomic mass is 16.5. The second-order valence-corrected chi connectivity index (χ2v) is 2.62. The summed E-state index contributed by atoms with van der Waals surface area (Å²) in [6, 6.07) is 5.31. The van der Waals surface area contributed by atoms with Gasteiger partial charge in [-0.3, -0.25) is 0 Å². The molecule has 0 bridgehead atoms. The topological polar surface area (TPSA) is 85.1 Å². The summed E-state index contributed by atoms with van der Waals surface area (Å²) in [5.41, 5.74) is 13.0. The Kier molecular flexibility index (Phi) is 2.60. The lowest BCUT2D eigenvalue weighted by Gasteiger charge is -2.08. The fraction of sp³-hybridized carbons (Fsp3) is 0.222. The van der Waals surface area contributed by atoms with Crippen LogP contribution >= 0.6 is 0 Å². The molecule has 0 unspecified atom stereocenters. The van der Waals surface area contributed by atoms with Gasteiger partial charge in [0.15, 0.2) is 0 Å². The van der Waals surface area contributed by atoms with Gasteiger partial charge in [-0.1, -0.05) is 0 Å². The van der Waals surface area contributed by atoms with E-state index in [1.54, 1.807) is 12.1 Å². The molecule has 1 aromatic carbocycles. The molecule has 4 nitrogen and oxygen atoms in total. The van der Waals surface area contributed by atoms with E-state index in [1.165, 1.54) is 7.11 Å². The van der Waals surface area contributed by atoms with Gasteiger partial charge in [-0.05, 0) is 0 Å². The van der Waals surface area contributed by atoms with Gasteiger partial charge in [0.05, 0.1) is 19.6 Å². The van der Waals surface area contributed by atoms with Gasteiger partial charge in [0, 0.05) is 29.1 Å². The summed E-state index contributed by atoms with van der Waals surface area (Å²) < 4.78 is 4.97. The van der Waals surface area contributed by atoms with Crippen molar-refractivity contribution >= 4 is 11.4 Å². The maximum atomic E-state index is 8.50. The van der Waals surface area contributed by atoms with Gasteiger partial charge in [-0.2, -0.15) is 5.26 Å². The largest absolute Gasteiger partial charge is 0.497 e. The number of ether oxygens (including phenoxy) is 1. The predicted molar refractivity (Wildman–Crippen MR) is 51.1 cm³/mol. The Bertz CT molecular complexity index is 331. The minimum atomic E-state index is 0.224. The van der Waals surface area contributed by atoms with Crippen molar-refractivity contribution in [1.82, 2.24) is 0 Å². The molecular formula is C9H11N3O. The molecule has 0 amide bonds. The van der Waals surface area contributed by atoms with Crippen molar-refractivity contribution in [3.05, 3.63) is 17.7 Å². The first-order valence-electron chi connectivity index (χ1n) is 3.78. The van der Waals surface area contributed by atoms with Gasteiger partial charge in [-0.15, -0.1) is 0 Å². The Labute approximate surface area is 76.7 Å². The van der Waals surface area contributed by atoms with E-state index in [-0.39, 0.29) is 6.42 Å². The van der Waals surface area contributed by atoms with Gasteiger partial charge in [0.1, 0.15) is 5.75 Å². The minimum Gasteiger partial charge on any atom is -0.497 e. The number of methoxy groups -OCH3 is 1. The highest BCUT2D eigenvalue weighted by Gasteiger charge is 2.05. The van der Waals surface area contributed by atoms with Gasteiger partial charge in [0.2, 0.25) is 0 Å². The van der Waals surface area contributed by atoms with Crippen molar-refractivity contribution in [2.45, 2.75) is 6.42 Å². The van der Waals surface area contributed by atoms with Gasteiger partial charge in [-0.25, -0.2) is 0 Å². The summed E-state index contributed by atoms with van der Waals surface area (Å²) in [5, 5.41) is 8.50. The number of nitrogens with two attached hydrogens (primary N) is 2. The summed E-state index contributed by atoms with van der Waals surface area (Å²) in [7, 11) is 1.54. The SMILES string of the molecule is COc1cc(N)c(CC#N)c(N)c1. The average molecular weight is 177 g/mol. The molecule has 0 heterocycles. The van der Waals surface area contributed by atoms with Crippen molar-refractivity contribution in [2.24, 2.45) is 0 Å². The van der Waals surface area contributed by atoms with Crippen LogP contribution in [0.3, 0.4) is 0 Å². The number of nitrogen functional groups attached to an aromatic ring is 2. The monoisotopic (exact) mass is 177 g/mol. The quantitative estimate of drug-likeness (QED) is 0.658. The normalized spacial score (nSPS) is 9.23. The van der Waals surface area contributed by atoms with Crippen LogP contribution in [0.1, 0.15) is 5.56 Å². The third kappa shape index (κ3) is 1.82. The summed E-state index contributed by atoms with van der Waals surface area (Å²) in [6.45, 7) is 0. The molecule has 0 saturated heterocycles. The Morgan fingerprint density at radius 2 is 1.92 bits per heavy atom. The number of hydrogen-bond acceptors (Lipinski definition) is 4. The van der Waals surface area contributed by atoms with Crippen molar-refractivity contribution in [2.75, 3.05) is 18.6 Å².